The van der Waals surface area contributed by atoms with E-state index in [1.165, 1.54) is 12.3 Å². The summed E-state index contributed by atoms with van der Waals surface area (Å²) in [5, 5.41) is 12.0. The van der Waals surface area contributed by atoms with Crippen molar-refractivity contribution in [1.29, 1.82) is 0 Å². The number of pyridine rings is 1. The van der Waals surface area contributed by atoms with Gasteiger partial charge in [-0.25, -0.2) is 9.78 Å². The maximum absolute atomic E-state index is 11.8. The number of amides is 1. The van der Waals surface area contributed by atoms with Gasteiger partial charge in [-0.05, 0) is 12.5 Å². The number of hydrogen-bond donors (Lipinski definition) is 3. The number of nitrogens with one attached hydrogen (secondary N) is 1. The molecule has 7 heteroatoms. The van der Waals surface area contributed by atoms with E-state index >= 15 is 0 Å². The number of anilines is 2. The second kappa shape index (κ2) is 5.13. The van der Waals surface area contributed by atoms with Gasteiger partial charge in [-0.1, -0.05) is 6.92 Å². The number of carbonyl (C=O) groups is 2. The average Bonchev–Trinajstić information content (AvgIpc) is 2.38. The van der Waals surface area contributed by atoms with Gasteiger partial charge >= 0.3 is 5.97 Å². The van der Waals surface area contributed by atoms with E-state index in [1.807, 2.05) is 6.92 Å². The molecular formula is C12H16N4O3. The highest BCUT2D eigenvalue weighted by atomic mass is 16.4. The summed E-state index contributed by atoms with van der Waals surface area (Å²) in [7, 11) is 0. The van der Waals surface area contributed by atoms with Crippen LogP contribution in [0.1, 0.15) is 23.7 Å². The lowest BCUT2D eigenvalue weighted by atomic mass is 10.1. The Hall–Kier alpha value is -2.31. The van der Waals surface area contributed by atoms with Gasteiger partial charge in [0, 0.05) is 13.1 Å². The van der Waals surface area contributed by atoms with Gasteiger partial charge in [-0.3, -0.25) is 4.79 Å². The van der Waals surface area contributed by atoms with Crippen molar-refractivity contribution in [3.05, 3.63) is 17.8 Å². The average molecular weight is 264 g/mol. The van der Waals surface area contributed by atoms with Crippen molar-refractivity contribution >= 4 is 23.4 Å². The number of rotatable bonds is 3. The molecule has 1 aromatic heterocycles. The number of nitrogen functional groups attached to an aromatic ring is 1. The van der Waals surface area contributed by atoms with E-state index < -0.39 is 12.0 Å². The first-order valence-electron chi connectivity index (χ1n) is 6.07. The summed E-state index contributed by atoms with van der Waals surface area (Å²) >= 11 is 0. The Bertz CT molecular complexity index is 518. The van der Waals surface area contributed by atoms with Crippen LogP contribution in [0.2, 0.25) is 0 Å². The Labute approximate surface area is 110 Å². The minimum atomic E-state index is -1.10. The number of carbonyl (C=O) groups excluding carboxylic acids is 1. The van der Waals surface area contributed by atoms with Crippen molar-refractivity contribution in [2.45, 2.75) is 19.4 Å². The van der Waals surface area contributed by atoms with Gasteiger partial charge in [0.25, 0.3) is 0 Å². The van der Waals surface area contributed by atoms with Crippen molar-refractivity contribution < 1.29 is 14.7 Å². The highest BCUT2D eigenvalue weighted by molar-refractivity contribution is 5.96. The molecule has 1 amide bonds. The molecule has 0 aromatic carbocycles. The van der Waals surface area contributed by atoms with Gasteiger partial charge in [-0.2, -0.15) is 0 Å². The zero-order valence-corrected chi connectivity index (χ0v) is 10.6. The lowest BCUT2D eigenvalue weighted by molar-refractivity contribution is -0.123. The quantitative estimate of drug-likeness (QED) is 0.713. The molecule has 2 rings (SSSR count). The van der Waals surface area contributed by atoms with Crippen LogP contribution in [0, 0.1) is 0 Å². The first-order valence-corrected chi connectivity index (χ1v) is 6.07. The Morgan fingerprint density at radius 3 is 3.05 bits per heavy atom. The number of nitrogens with zero attached hydrogens (tertiary/aromatic N) is 2. The first kappa shape index (κ1) is 13.1. The molecule has 1 aliphatic heterocycles. The molecular weight excluding hydrogens is 248 g/mol. The largest absolute Gasteiger partial charge is 0.478 e. The van der Waals surface area contributed by atoms with Crippen LogP contribution in [0.3, 0.4) is 0 Å². The summed E-state index contributed by atoms with van der Waals surface area (Å²) in [6.07, 6.45) is 1.98. The normalized spacial score (nSPS) is 19.1. The number of aromatic carboxylic acids is 1. The van der Waals surface area contributed by atoms with E-state index in [4.69, 9.17) is 5.73 Å². The summed E-state index contributed by atoms with van der Waals surface area (Å²) in [6, 6.07) is 0.965. The highest BCUT2D eigenvalue weighted by Crippen LogP contribution is 2.24. The van der Waals surface area contributed by atoms with Crippen LogP contribution < -0.4 is 16.0 Å². The van der Waals surface area contributed by atoms with Crippen molar-refractivity contribution in [2.24, 2.45) is 0 Å². The van der Waals surface area contributed by atoms with E-state index in [1.54, 1.807) is 4.90 Å². The Kier molecular flexibility index (Phi) is 3.55. The third-order valence-electron chi connectivity index (χ3n) is 3.11. The van der Waals surface area contributed by atoms with Gasteiger partial charge in [0.05, 0.1) is 11.9 Å². The number of carboxylic acids is 1. The molecule has 0 radical (unpaired) electrons. The number of hydrogen-bond acceptors (Lipinski definition) is 5. The summed E-state index contributed by atoms with van der Waals surface area (Å²) in [6.45, 7) is 2.88. The second-order valence-electron chi connectivity index (χ2n) is 4.35. The monoisotopic (exact) mass is 264 g/mol. The predicted molar refractivity (Wildman–Crippen MR) is 70.0 cm³/mol. The van der Waals surface area contributed by atoms with E-state index in [-0.39, 0.29) is 17.2 Å². The van der Waals surface area contributed by atoms with Crippen LogP contribution in [0.5, 0.6) is 0 Å². The molecule has 0 bridgehead atoms. The topological polar surface area (TPSA) is 109 Å². The lowest BCUT2D eigenvalue weighted by Gasteiger charge is -2.36. The minimum absolute atomic E-state index is 0.0214. The standard InChI is InChI=1S/C12H16N4O3/c1-2-9-11(17)14-3-4-16(9)10-8(12(18)19)5-7(13)6-15-10/h5-6,9H,2-4,13H2,1H3,(H,14,17)(H,18,19). The second-order valence-corrected chi connectivity index (χ2v) is 4.35. The van der Waals surface area contributed by atoms with E-state index in [0.717, 1.165) is 0 Å². The maximum atomic E-state index is 11.8. The van der Waals surface area contributed by atoms with E-state index in [9.17, 15) is 14.7 Å². The molecule has 0 aliphatic carbocycles. The first-order chi connectivity index (χ1) is 9.04. The third-order valence-corrected chi connectivity index (χ3v) is 3.11. The van der Waals surface area contributed by atoms with Gasteiger partial charge in [-0.15, -0.1) is 0 Å². The summed E-state index contributed by atoms with van der Waals surface area (Å²) < 4.78 is 0. The molecule has 2 heterocycles. The number of piperazine rings is 1. The fourth-order valence-corrected chi connectivity index (χ4v) is 2.23. The number of carboxylic acid groups (broad SMARTS) is 1. The SMILES string of the molecule is CCC1C(=O)NCCN1c1ncc(N)cc1C(=O)O. The molecule has 1 aromatic rings. The molecule has 0 saturated carbocycles. The predicted octanol–water partition coefficient (Wildman–Crippen LogP) is 0.0768. The Balaban J connectivity index is 2.45. The van der Waals surface area contributed by atoms with Crippen molar-refractivity contribution in [1.82, 2.24) is 10.3 Å². The van der Waals surface area contributed by atoms with E-state index in [0.29, 0.717) is 25.3 Å². The molecule has 1 saturated heterocycles. The molecule has 102 valence electrons. The zero-order valence-electron chi connectivity index (χ0n) is 10.6. The molecule has 4 N–H and O–H groups in total. The molecule has 1 atom stereocenters. The lowest BCUT2D eigenvalue weighted by Crippen LogP contribution is -2.55. The van der Waals surface area contributed by atoms with Crippen LogP contribution >= 0.6 is 0 Å². The highest BCUT2D eigenvalue weighted by Gasteiger charge is 2.31. The van der Waals surface area contributed by atoms with Crippen LogP contribution in [-0.4, -0.2) is 41.1 Å². The molecule has 0 spiro atoms. The number of aromatic nitrogens is 1. The van der Waals surface area contributed by atoms with Crippen LogP contribution in [0.15, 0.2) is 12.3 Å². The molecule has 19 heavy (non-hydrogen) atoms. The number of nitrogens with two attached hydrogens (primary N) is 1. The summed E-state index contributed by atoms with van der Waals surface area (Å²) in [4.78, 5) is 28.9. The maximum Gasteiger partial charge on any atom is 0.339 e. The van der Waals surface area contributed by atoms with Gasteiger partial charge in [0.1, 0.15) is 17.4 Å². The third kappa shape index (κ3) is 2.44. The van der Waals surface area contributed by atoms with Gasteiger partial charge in [0.2, 0.25) is 5.91 Å². The Morgan fingerprint density at radius 1 is 1.68 bits per heavy atom. The molecule has 1 unspecified atom stereocenters. The molecule has 7 nitrogen and oxygen atoms in total. The Morgan fingerprint density at radius 2 is 2.42 bits per heavy atom. The minimum Gasteiger partial charge on any atom is -0.478 e. The van der Waals surface area contributed by atoms with E-state index in [2.05, 4.69) is 10.3 Å². The zero-order chi connectivity index (χ0) is 14.0. The van der Waals surface area contributed by atoms with Crippen molar-refractivity contribution in [3.63, 3.8) is 0 Å². The fraction of sp³-hybridized carbons (Fsp3) is 0.417. The van der Waals surface area contributed by atoms with Crippen LogP contribution in [0.25, 0.3) is 0 Å². The summed E-state index contributed by atoms with van der Waals surface area (Å²) in [5.41, 5.74) is 5.87. The van der Waals surface area contributed by atoms with Crippen LogP contribution in [0.4, 0.5) is 11.5 Å². The van der Waals surface area contributed by atoms with Gasteiger partial charge in [0.15, 0.2) is 0 Å². The fourth-order valence-electron chi connectivity index (χ4n) is 2.23. The smallest absolute Gasteiger partial charge is 0.339 e. The molecule has 1 aliphatic rings. The van der Waals surface area contributed by atoms with Crippen molar-refractivity contribution in [3.8, 4) is 0 Å². The molecule has 1 fully saturated rings. The summed E-state index contributed by atoms with van der Waals surface area (Å²) in [5.74, 6) is -0.914. The van der Waals surface area contributed by atoms with Gasteiger partial charge < -0.3 is 21.1 Å². The van der Waals surface area contributed by atoms with Crippen molar-refractivity contribution in [2.75, 3.05) is 23.7 Å². The van der Waals surface area contributed by atoms with Crippen LogP contribution in [-0.2, 0) is 4.79 Å².